The summed E-state index contributed by atoms with van der Waals surface area (Å²) in [5, 5.41) is 6.79. The molecule has 1 aromatic carbocycles. The van der Waals surface area contributed by atoms with Crippen molar-refractivity contribution in [1.82, 2.24) is 9.97 Å². The molecule has 3 rings (SSSR count). The Kier molecular flexibility index (Phi) is 6.64. The zero-order chi connectivity index (χ0) is 20.8. The molecule has 1 aliphatic heterocycles. The largest absolute Gasteiger partial charge is 0.399 e. The number of anilines is 3. The molecule has 154 valence electrons. The molecule has 0 spiro atoms. The molecular weight excluding hydrogens is 368 g/mol. The van der Waals surface area contributed by atoms with Gasteiger partial charge in [-0.3, -0.25) is 4.79 Å². The van der Waals surface area contributed by atoms with Gasteiger partial charge in [-0.1, -0.05) is 31.1 Å². The van der Waals surface area contributed by atoms with E-state index in [9.17, 15) is 4.79 Å². The number of rotatable bonds is 7. The third-order valence-electron chi connectivity index (χ3n) is 5.10. The molecule has 1 fully saturated rings. The topological polar surface area (TPSA) is 106 Å². The molecule has 1 aromatic heterocycles. The van der Waals surface area contributed by atoms with E-state index in [1.54, 1.807) is 0 Å². The van der Waals surface area contributed by atoms with Crippen LogP contribution < -0.4 is 16.0 Å². The van der Waals surface area contributed by atoms with Crippen LogP contribution in [0.4, 0.5) is 17.3 Å². The Morgan fingerprint density at radius 2 is 2.14 bits per heavy atom. The fraction of sp³-hybridized carbons (Fsp3) is 0.429. The fourth-order valence-corrected chi connectivity index (χ4v) is 3.50. The molecule has 2 heterocycles. The summed E-state index contributed by atoms with van der Waals surface area (Å²) in [4.78, 5) is 27.7. The van der Waals surface area contributed by atoms with Crippen molar-refractivity contribution in [2.75, 3.05) is 36.1 Å². The highest BCUT2D eigenvalue weighted by Gasteiger charge is 2.27. The molecule has 29 heavy (non-hydrogen) atoms. The highest BCUT2D eigenvalue weighted by molar-refractivity contribution is 5.92. The lowest BCUT2D eigenvalue weighted by Gasteiger charge is -2.19. The number of hydrogen-bond acceptors (Lipinski definition) is 7. The molecule has 3 N–H and O–H groups in total. The number of carbonyl (C=O) groups excluding carboxylic acids is 1. The van der Waals surface area contributed by atoms with Crippen LogP contribution >= 0.6 is 0 Å². The molecule has 0 radical (unpaired) electrons. The first-order valence-electron chi connectivity index (χ1n) is 9.79. The Morgan fingerprint density at radius 1 is 1.38 bits per heavy atom. The van der Waals surface area contributed by atoms with E-state index in [0.29, 0.717) is 29.5 Å². The average Bonchev–Trinajstić information content (AvgIpc) is 3.15. The second-order valence-corrected chi connectivity index (χ2v) is 7.54. The number of nitrogen functional groups attached to an aromatic ring is 1. The van der Waals surface area contributed by atoms with Crippen LogP contribution in [0, 0.1) is 5.92 Å². The van der Waals surface area contributed by atoms with Gasteiger partial charge < -0.3 is 20.8 Å². The number of oxime groups is 1. The molecule has 8 nitrogen and oxygen atoms in total. The van der Waals surface area contributed by atoms with Gasteiger partial charge in [0, 0.05) is 25.2 Å². The lowest BCUT2D eigenvalue weighted by atomic mass is 10.0. The summed E-state index contributed by atoms with van der Waals surface area (Å²) in [6, 6.07) is 8.03. The summed E-state index contributed by atoms with van der Waals surface area (Å²) < 4.78 is 0. The SMILES string of the molecule is CON=Cc1c(N)ncnc1N1CCC(CC(=O)Nc2ccc(C(C)C)cc2)C1. The number of hydrogen-bond donors (Lipinski definition) is 2. The van der Waals surface area contributed by atoms with E-state index >= 15 is 0 Å². The van der Waals surface area contributed by atoms with Crippen molar-refractivity contribution in [3.63, 3.8) is 0 Å². The van der Waals surface area contributed by atoms with E-state index in [4.69, 9.17) is 10.6 Å². The standard InChI is InChI=1S/C21H28N6O2/c1-14(2)16-4-6-17(7-5-16)26-19(28)10-15-8-9-27(12-15)21-18(11-25-29-3)20(22)23-13-24-21/h4-7,11,13-15H,8-10,12H2,1-3H3,(H,26,28)(H2,22,23,24). The van der Waals surface area contributed by atoms with Crippen molar-refractivity contribution in [2.24, 2.45) is 11.1 Å². The number of nitrogens with zero attached hydrogens (tertiary/aromatic N) is 4. The number of amides is 1. The summed E-state index contributed by atoms with van der Waals surface area (Å²) in [5.41, 5.74) is 8.69. The predicted octanol–water partition coefficient (Wildman–Crippen LogP) is 3.02. The molecule has 0 saturated carbocycles. The fourth-order valence-electron chi connectivity index (χ4n) is 3.50. The van der Waals surface area contributed by atoms with Crippen LogP contribution in [0.15, 0.2) is 35.7 Å². The van der Waals surface area contributed by atoms with Crippen LogP contribution in [0.1, 0.15) is 43.7 Å². The molecule has 0 aliphatic carbocycles. The maximum atomic E-state index is 12.5. The van der Waals surface area contributed by atoms with Gasteiger partial charge in [0.05, 0.1) is 11.8 Å². The molecular formula is C21H28N6O2. The Bertz CT molecular complexity index is 866. The van der Waals surface area contributed by atoms with Gasteiger partial charge in [0.2, 0.25) is 5.91 Å². The van der Waals surface area contributed by atoms with Gasteiger partial charge in [-0.05, 0) is 36.0 Å². The van der Waals surface area contributed by atoms with Crippen LogP contribution in [-0.2, 0) is 9.63 Å². The Labute approximate surface area is 171 Å². The zero-order valence-corrected chi connectivity index (χ0v) is 17.1. The average molecular weight is 396 g/mol. The summed E-state index contributed by atoms with van der Waals surface area (Å²) in [6.07, 6.45) is 4.33. The molecule has 1 amide bonds. The minimum absolute atomic E-state index is 0.0255. The quantitative estimate of drug-likeness (QED) is 0.550. The Balaban J connectivity index is 1.59. The number of carbonyl (C=O) groups is 1. The van der Waals surface area contributed by atoms with Gasteiger partial charge in [-0.2, -0.15) is 0 Å². The molecule has 1 aliphatic rings. The highest BCUT2D eigenvalue weighted by Crippen LogP contribution is 2.28. The smallest absolute Gasteiger partial charge is 0.224 e. The molecule has 0 bridgehead atoms. The van der Waals surface area contributed by atoms with Crippen LogP contribution in [0.2, 0.25) is 0 Å². The van der Waals surface area contributed by atoms with Crippen LogP contribution in [0.5, 0.6) is 0 Å². The van der Waals surface area contributed by atoms with E-state index in [0.717, 1.165) is 25.2 Å². The molecule has 2 aromatic rings. The first-order valence-corrected chi connectivity index (χ1v) is 9.79. The summed E-state index contributed by atoms with van der Waals surface area (Å²) in [6.45, 7) is 5.82. The maximum absolute atomic E-state index is 12.5. The minimum atomic E-state index is 0.0255. The molecule has 1 saturated heterocycles. The van der Waals surface area contributed by atoms with Crippen molar-refractivity contribution >= 4 is 29.4 Å². The van der Waals surface area contributed by atoms with E-state index in [2.05, 4.69) is 51.3 Å². The summed E-state index contributed by atoms with van der Waals surface area (Å²) in [5.74, 6) is 1.80. The van der Waals surface area contributed by atoms with Crippen molar-refractivity contribution in [1.29, 1.82) is 0 Å². The minimum Gasteiger partial charge on any atom is -0.399 e. The van der Waals surface area contributed by atoms with Crippen molar-refractivity contribution in [3.05, 3.63) is 41.7 Å². The van der Waals surface area contributed by atoms with Crippen LogP contribution in [-0.4, -0.2) is 42.3 Å². The number of benzene rings is 1. The Hall–Kier alpha value is -3.16. The van der Waals surface area contributed by atoms with Crippen LogP contribution in [0.25, 0.3) is 0 Å². The third kappa shape index (κ3) is 5.22. The first kappa shape index (κ1) is 20.6. The summed E-state index contributed by atoms with van der Waals surface area (Å²) >= 11 is 0. The molecule has 1 atom stereocenters. The third-order valence-corrected chi connectivity index (χ3v) is 5.10. The number of nitrogens with two attached hydrogens (primary N) is 1. The predicted molar refractivity (Wildman–Crippen MR) is 115 cm³/mol. The Morgan fingerprint density at radius 3 is 2.83 bits per heavy atom. The van der Waals surface area contributed by atoms with Gasteiger partial charge >= 0.3 is 0 Å². The normalized spacial score (nSPS) is 16.6. The second-order valence-electron chi connectivity index (χ2n) is 7.54. The lowest BCUT2D eigenvalue weighted by molar-refractivity contribution is -0.116. The summed E-state index contributed by atoms with van der Waals surface area (Å²) in [7, 11) is 1.47. The highest BCUT2D eigenvalue weighted by atomic mass is 16.6. The maximum Gasteiger partial charge on any atom is 0.224 e. The zero-order valence-electron chi connectivity index (χ0n) is 17.1. The number of aromatic nitrogens is 2. The van der Waals surface area contributed by atoms with Crippen molar-refractivity contribution in [3.8, 4) is 0 Å². The second kappa shape index (κ2) is 9.36. The first-order chi connectivity index (χ1) is 14.0. The van der Waals surface area contributed by atoms with Gasteiger partial charge in [-0.15, -0.1) is 0 Å². The van der Waals surface area contributed by atoms with E-state index in [-0.39, 0.29) is 11.8 Å². The van der Waals surface area contributed by atoms with Gasteiger partial charge in [0.1, 0.15) is 25.1 Å². The number of nitrogens with one attached hydrogen (secondary N) is 1. The van der Waals surface area contributed by atoms with E-state index < -0.39 is 0 Å². The van der Waals surface area contributed by atoms with Crippen molar-refractivity contribution in [2.45, 2.75) is 32.6 Å². The van der Waals surface area contributed by atoms with Gasteiger partial charge in [0.25, 0.3) is 0 Å². The monoisotopic (exact) mass is 396 g/mol. The van der Waals surface area contributed by atoms with Gasteiger partial charge in [-0.25, -0.2) is 9.97 Å². The van der Waals surface area contributed by atoms with E-state index in [1.165, 1.54) is 25.2 Å². The van der Waals surface area contributed by atoms with Gasteiger partial charge in [0.15, 0.2) is 0 Å². The lowest BCUT2D eigenvalue weighted by Crippen LogP contribution is -2.24. The van der Waals surface area contributed by atoms with Crippen LogP contribution in [0.3, 0.4) is 0 Å². The van der Waals surface area contributed by atoms with Crippen molar-refractivity contribution < 1.29 is 9.63 Å². The molecule has 8 heteroatoms. The molecule has 1 unspecified atom stereocenters. The van der Waals surface area contributed by atoms with E-state index in [1.807, 2.05) is 12.1 Å².